The van der Waals surface area contributed by atoms with Gasteiger partial charge in [0.05, 0.1) is 26.4 Å². The second kappa shape index (κ2) is 12.2. The number of rotatable bonds is 9. The summed E-state index contributed by atoms with van der Waals surface area (Å²) in [5.41, 5.74) is 4.72. The maximum atomic E-state index is 14.3. The average Bonchev–Trinajstić information content (AvgIpc) is 3.37. The molecule has 2 aliphatic rings. The molecule has 1 aliphatic heterocycles. The Labute approximate surface area is 285 Å². The summed E-state index contributed by atoms with van der Waals surface area (Å²) in [4.78, 5) is 25.6. The molecule has 1 unspecified atom stereocenters. The van der Waals surface area contributed by atoms with Crippen LogP contribution in [0.4, 0.5) is 4.39 Å². The number of carbonyl (C=O) groups is 2. The molecule has 0 saturated carbocycles. The van der Waals surface area contributed by atoms with Gasteiger partial charge in [0.15, 0.2) is 11.9 Å². The van der Waals surface area contributed by atoms with Gasteiger partial charge in [-0.1, -0.05) is 63.6 Å². The molecule has 0 saturated heterocycles. The lowest BCUT2D eigenvalue weighted by atomic mass is 9.76. The van der Waals surface area contributed by atoms with Gasteiger partial charge in [-0.3, -0.25) is 4.79 Å². The molecule has 5 aromatic carbocycles. The molecule has 0 amide bonds. The Bertz CT molecular complexity index is 2150. The van der Waals surface area contributed by atoms with Gasteiger partial charge in [-0.2, -0.15) is 0 Å². The van der Waals surface area contributed by atoms with E-state index in [1.807, 2.05) is 54.6 Å². The van der Waals surface area contributed by atoms with Gasteiger partial charge >= 0.3 is 5.97 Å². The number of benzene rings is 5. The predicted molar refractivity (Wildman–Crippen MR) is 188 cm³/mol. The minimum Gasteiger partial charge on any atom is -0.497 e. The van der Waals surface area contributed by atoms with E-state index in [4.69, 9.17) is 18.9 Å². The maximum absolute atomic E-state index is 14.3. The fourth-order valence-electron chi connectivity index (χ4n) is 7.42. The number of carbonyl (C=O) groups excluding carboxylic acids is 2. The van der Waals surface area contributed by atoms with Crippen molar-refractivity contribution in [3.63, 3.8) is 0 Å². The predicted octanol–water partition coefficient (Wildman–Crippen LogP) is 9.42. The summed E-state index contributed by atoms with van der Waals surface area (Å²) in [6.07, 6.45) is 6.83. The van der Waals surface area contributed by atoms with E-state index in [9.17, 15) is 14.0 Å². The molecule has 0 radical (unpaired) electrons. The summed E-state index contributed by atoms with van der Waals surface area (Å²) in [5, 5.41) is 1.61. The Morgan fingerprint density at radius 3 is 2.22 bits per heavy atom. The third-order valence-electron chi connectivity index (χ3n) is 9.89. The third-order valence-corrected chi connectivity index (χ3v) is 9.89. The van der Waals surface area contributed by atoms with Crippen molar-refractivity contribution in [2.75, 3.05) is 20.8 Å². The Kier molecular flexibility index (Phi) is 8.02. The summed E-state index contributed by atoms with van der Waals surface area (Å²) in [6, 6.07) is 23.6. The molecule has 0 fully saturated rings. The number of methoxy groups -OCH3 is 2. The van der Waals surface area contributed by atoms with Crippen LogP contribution in [0.1, 0.15) is 82.1 Å². The van der Waals surface area contributed by atoms with Gasteiger partial charge in [-0.05, 0) is 88.7 Å². The summed E-state index contributed by atoms with van der Waals surface area (Å²) in [7, 11) is 2.92. The number of fused-ring (bicyclic) bond motifs is 8. The van der Waals surface area contributed by atoms with Crippen LogP contribution in [0.5, 0.6) is 17.2 Å². The molecule has 0 aromatic heterocycles. The quantitative estimate of drug-likeness (QED) is 0.0895. The van der Waals surface area contributed by atoms with Crippen molar-refractivity contribution in [1.82, 2.24) is 0 Å². The number of hydrogen-bond donors (Lipinski definition) is 0. The summed E-state index contributed by atoms with van der Waals surface area (Å²) in [6.45, 7) is 6.99. The van der Waals surface area contributed by atoms with Gasteiger partial charge in [0.1, 0.15) is 23.1 Å². The van der Waals surface area contributed by atoms with Gasteiger partial charge in [0, 0.05) is 33.1 Å². The zero-order chi connectivity index (χ0) is 34.5. The molecule has 0 N–H and O–H groups in total. The van der Waals surface area contributed by atoms with Crippen LogP contribution in [0.2, 0.25) is 0 Å². The highest BCUT2D eigenvalue weighted by molar-refractivity contribution is 6.14. The number of halogens is 1. The standard InChI is InChI=1S/C42H37FO6/c1-6-7-22-48-28-14-10-26(11-15-28)42(25-8-12-27(43)13-9-25)21-20-32-38-37(30-17-16-29(46-4)23-33(30)39(32)49-42)36-34(24-44)31(40(45)47-5)18-19-35(36)41(38,2)3/h8-21,23-24H,6-7,22H2,1-5H3. The molecule has 248 valence electrons. The van der Waals surface area contributed by atoms with Gasteiger partial charge in [-0.15, -0.1) is 0 Å². The summed E-state index contributed by atoms with van der Waals surface area (Å²) in [5.74, 6) is 1.10. The van der Waals surface area contributed by atoms with Crippen LogP contribution in [-0.2, 0) is 15.8 Å². The van der Waals surface area contributed by atoms with Crippen LogP contribution in [0, 0.1) is 5.82 Å². The smallest absolute Gasteiger partial charge is 0.338 e. The SMILES string of the molecule is CCCCOc1ccc(C2(c3ccc(F)cc3)C=Cc3c4c(c5ccc(OC)cc5c3O2)-c2c(ccc(C(=O)OC)c2C=O)C4(C)C)cc1. The summed E-state index contributed by atoms with van der Waals surface area (Å²) < 4.78 is 38.3. The zero-order valence-electron chi connectivity index (χ0n) is 28.2. The second-order valence-electron chi connectivity index (χ2n) is 13.0. The van der Waals surface area contributed by atoms with E-state index >= 15 is 0 Å². The first-order chi connectivity index (χ1) is 23.7. The molecule has 1 aliphatic carbocycles. The molecular weight excluding hydrogens is 619 g/mol. The van der Waals surface area contributed by atoms with Gasteiger partial charge in [0.2, 0.25) is 0 Å². The van der Waals surface area contributed by atoms with Gasteiger partial charge < -0.3 is 18.9 Å². The Morgan fingerprint density at radius 2 is 1.57 bits per heavy atom. The van der Waals surface area contributed by atoms with Gasteiger partial charge in [0.25, 0.3) is 0 Å². The zero-order valence-corrected chi connectivity index (χ0v) is 28.2. The lowest BCUT2D eigenvalue weighted by Crippen LogP contribution is -2.35. The van der Waals surface area contributed by atoms with E-state index in [-0.39, 0.29) is 16.9 Å². The minimum atomic E-state index is -1.12. The van der Waals surface area contributed by atoms with E-state index in [0.29, 0.717) is 23.7 Å². The van der Waals surface area contributed by atoms with Crippen LogP contribution in [0.3, 0.4) is 0 Å². The van der Waals surface area contributed by atoms with Crippen LogP contribution in [0.15, 0.2) is 84.9 Å². The first-order valence-electron chi connectivity index (χ1n) is 16.5. The number of ether oxygens (including phenoxy) is 4. The fourth-order valence-corrected chi connectivity index (χ4v) is 7.42. The Balaban J connectivity index is 1.51. The molecule has 7 heteroatoms. The molecule has 6 nitrogen and oxygen atoms in total. The minimum absolute atomic E-state index is 0.212. The topological polar surface area (TPSA) is 71.1 Å². The summed E-state index contributed by atoms with van der Waals surface area (Å²) >= 11 is 0. The Hall–Kier alpha value is -5.43. The number of unbranched alkanes of at least 4 members (excludes halogenated alkanes) is 1. The van der Waals surface area contributed by atoms with E-state index in [1.54, 1.807) is 25.3 Å². The van der Waals surface area contributed by atoms with Crippen molar-refractivity contribution in [3.8, 4) is 28.4 Å². The lowest BCUT2D eigenvalue weighted by molar-refractivity contribution is 0.0598. The number of esters is 1. The maximum Gasteiger partial charge on any atom is 0.338 e. The fraction of sp³-hybridized carbons (Fsp3) is 0.238. The largest absolute Gasteiger partial charge is 0.497 e. The highest BCUT2D eigenvalue weighted by atomic mass is 19.1. The highest BCUT2D eigenvalue weighted by Gasteiger charge is 2.45. The van der Waals surface area contributed by atoms with E-state index in [0.717, 1.165) is 69.0 Å². The molecule has 5 aromatic rings. The van der Waals surface area contributed by atoms with E-state index in [1.165, 1.54) is 19.2 Å². The Morgan fingerprint density at radius 1 is 0.878 bits per heavy atom. The van der Waals surface area contributed by atoms with Crippen LogP contribution in [-0.4, -0.2) is 33.1 Å². The van der Waals surface area contributed by atoms with Crippen molar-refractivity contribution in [2.45, 2.75) is 44.6 Å². The van der Waals surface area contributed by atoms with Crippen molar-refractivity contribution in [3.05, 3.63) is 130 Å². The van der Waals surface area contributed by atoms with Crippen LogP contribution < -0.4 is 14.2 Å². The monoisotopic (exact) mass is 656 g/mol. The second-order valence-corrected chi connectivity index (χ2v) is 13.0. The average molecular weight is 657 g/mol. The molecule has 49 heavy (non-hydrogen) atoms. The molecule has 1 atom stereocenters. The number of aldehydes is 1. The number of hydrogen-bond acceptors (Lipinski definition) is 6. The van der Waals surface area contributed by atoms with Gasteiger partial charge in [-0.25, -0.2) is 9.18 Å². The molecular formula is C42H37FO6. The van der Waals surface area contributed by atoms with Crippen molar-refractivity contribution in [2.24, 2.45) is 0 Å². The molecule has 0 bridgehead atoms. The van der Waals surface area contributed by atoms with Crippen molar-refractivity contribution in [1.29, 1.82) is 0 Å². The van der Waals surface area contributed by atoms with Crippen LogP contribution in [0.25, 0.3) is 28.0 Å². The van der Waals surface area contributed by atoms with E-state index in [2.05, 4.69) is 26.8 Å². The lowest BCUT2D eigenvalue weighted by Gasteiger charge is -2.38. The molecule has 0 spiro atoms. The van der Waals surface area contributed by atoms with E-state index < -0.39 is 17.0 Å². The van der Waals surface area contributed by atoms with Crippen molar-refractivity contribution < 1.29 is 32.9 Å². The van der Waals surface area contributed by atoms with Crippen molar-refractivity contribution >= 4 is 29.1 Å². The molecule has 7 rings (SSSR count). The van der Waals surface area contributed by atoms with Crippen LogP contribution >= 0.6 is 0 Å². The molecule has 1 heterocycles. The highest BCUT2D eigenvalue weighted by Crippen LogP contribution is 2.59. The normalized spacial score (nSPS) is 16.7. The first kappa shape index (κ1) is 32.1. The third kappa shape index (κ3) is 4.98. The first-order valence-corrected chi connectivity index (χ1v) is 16.5.